The number of hydrogen-bond acceptors (Lipinski definition) is 5. The smallest absolute Gasteiger partial charge is 0.444 e. The summed E-state index contributed by atoms with van der Waals surface area (Å²) in [5.41, 5.74) is -0.588. The summed E-state index contributed by atoms with van der Waals surface area (Å²) in [6.07, 6.45) is 1.25. The predicted octanol–water partition coefficient (Wildman–Crippen LogP) is 2.74. The molecule has 0 aliphatic heterocycles. The van der Waals surface area contributed by atoms with Crippen molar-refractivity contribution < 1.29 is 37.0 Å². The zero-order chi connectivity index (χ0) is 22.3. The Morgan fingerprint density at radius 2 is 1.59 bits per heavy atom. The summed E-state index contributed by atoms with van der Waals surface area (Å²) in [4.78, 5) is 24.3. The molecule has 0 aromatic heterocycles. The molecule has 0 bridgehead atoms. The first-order valence-electron chi connectivity index (χ1n) is 9.39. The maximum absolute atomic E-state index is 12.1. The van der Waals surface area contributed by atoms with Crippen molar-refractivity contribution in [3.8, 4) is 12.3 Å². The number of ether oxygens (including phenoxy) is 3. The molecule has 0 atom stereocenters. The zero-order valence-electron chi connectivity index (χ0n) is 17.3. The van der Waals surface area contributed by atoms with Gasteiger partial charge in [0, 0.05) is 39.3 Å². The zero-order valence-corrected chi connectivity index (χ0v) is 17.3. The average Bonchev–Trinajstić information content (AvgIpc) is 2.59. The molecule has 7 nitrogen and oxygen atoms in total. The highest BCUT2D eigenvalue weighted by atomic mass is 19.4. The van der Waals surface area contributed by atoms with E-state index in [0.29, 0.717) is 39.1 Å². The number of alkyl halides is 3. The molecule has 0 unspecified atom stereocenters. The summed E-state index contributed by atoms with van der Waals surface area (Å²) in [5.74, 6) is 0.537. The van der Waals surface area contributed by atoms with Gasteiger partial charge in [-0.15, -0.1) is 12.3 Å². The van der Waals surface area contributed by atoms with E-state index in [1.165, 1.54) is 0 Å². The lowest BCUT2D eigenvalue weighted by molar-refractivity contribution is -0.173. The van der Waals surface area contributed by atoms with Crippen LogP contribution < -0.4 is 5.32 Å². The van der Waals surface area contributed by atoms with Crippen molar-refractivity contribution in [1.82, 2.24) is 10.2 Å². The molecule has 0 rings (SSSR count). The van der Waals surface area contributed by atoms with Crippen LogP contribution in [0, 0.1) is 12.3 Å². The van der Waals surface area contributed by atoms with Gasteiger partial charge in [-0.05, 0) is 33.6 Å². The predicted molar refractivity (Wildman–Crippen MR) is 101 cm³/mol. The fourth-order valence-electron chi connectivity index (χ4n) is 1.98. The van der Waals surface area contributed by atoms with Crippen LogP contribution in [0.25, 0.3) is 0 Å². The van der Waals surface area contributed by atoms with E-state index in [4.69, 9.17) is 20.6 Å². The van der Waals surface area contributed by atoms with E-state index in [1.54, 1.807) is 31.0 Å². The Morgan fingerprint density at radius 1 is 1.00 bits per heavy atom. The molecule has 0 spiro atoms. The van der Waals surface area contributed by atoms with Crippen molar-refractivity contribution in [3.63, 3.8) is 0 Å². The first-order chi connectivity index (χ1) is 13.5. The Bertz CT molecular complexity index is 527. The van der Waals surface area contributed by atoms with Crippen LogP contribution in [0.3, 0.4) is 0 Å². The summed E-state index contributed by atoms with van der Waals surface area (Å²) in [6.45, 7) is 7.30. The van der Waals surface area contributed by atoms with E-state index in [2.05, 4.69) is 5.92 Å². The third kappa shape index (κ3) is 15.6. The van der Waals surface area contributed by atoms with Gasteiger partial charge in [0.2, 0.25) is 0 Å². The summed E-state index contributed by atoms with van der Waals surface area (Å²) >= 11 is 0. The van der Waals surface area contributed by atoms with Gasteiger partial charge in [0.05, 0.1) is 13.2 Å². The van der Waals surface area contributed by atoms with Crippen LogP contribution in [0.2, 0.25) is 0 Å². The fourth-order valence-corrected chi connectivity index (χ4v) is 1.98. The second-order valence-corrected chi connectivity index (χ2v) is 7.11. The maximum atomic E-state index is 12.1. The van der Waals surface area contributed by atoms with E-state index in [0.717, 1.165) is 0 Å². The van der Waals surface area contributed by atoms with Crippen molar-refractivity contribution in [2.24, 2.45) is 0 Å². The molecule has 0 aromatic rings. The van der Waals surface area contributed by atoms with Crippen molar-refractivity contribution in [1.29, 1.82) is 0 Å². The van der Waals surface area contributed by atoms with Gasteiger partial charge in [-0.3, -0.25) is 4.79 Å². The minimum Gasteiger partial charge on any atom is -0.444 e. The number of halogens is 3. The van der Waals surface area contributed by atoms with Gasteiger partial charge in [0.25, 0.3) is 0 Å². The molecule has 0 aliphatic carbocycles. The van der Waals surface area contributed by atoms with Gasteiger partial charge in [-0.2, -0.15) is 13.2 Å². The van der Waals surface area contributed by atoms with E-state index >= 15 is 0 Å². The number of hydrogen-bond donors (Lipinski definition) is 1. The molecule has 1 N–H and O–H groups in total. The van der Waals surface area contributed by atoms with Crippen LogP contribution in [0.15, 0.2) is 0 Å². The Hall–Kier alpha value is -1.99. The highest BCUT2D eigenvalue weighted by molar-refractivity contribution is 5.81. The third-order valence-electron chi connectivity index (χ3n) is 3.27. The van der Waals surface area contributed by atoms with Crippen LogP contribution in [-0.2, 0) is 19.0 Å². The lowest BCUT2D eigenvalue weighted by Gasteiger charge is -2.27. The van der Waals surface area contributed by atoms with Crippen LogP contribution in [0.4, 0.5) is 18.0 Å². The molecule has 0 radical (unpaired) electrons. The molecule has 168 valence electrons. The molecular formula is C19H31F3N2O5. The second-order valence-electron chi connectivity index (χ2n) is 7.11. The van der Waals surface area contributed by atoms with Gasteiger partial charge in [0.1, 0.15) is 5.60 Å². The van der Waals surface area contributed by atoms with E-state index < -0.39 is 23.8 Å². The molecule has 0 aliphatic rings. The van der Waals surface area contributed by atoms with E-state index in [1.807, 2.05) is 0 Å². The van der Waals surface area contributed by atoms with Crippen molar-refractivity contribution in [2.45, 2.75) is 51.8 Å². The first kappa shape index (κ1) is 27.0. The lowest BCUT2D eigenvalue weighted by atomic mass is 10.2. The number of terminal acetylenes is 1. The fraction of sp³-hybridized carbons (Fsp3) is 0.789. The van der Waals surface area contributed by atoms with Crippen molar-refractivity contribution in [3.05, 3.63) is 0 Å². The van der Waals surface area contributed by atoms with Gasteiger partial charge in [0.15, 0.2) is 0 Å². The van der Waals surface area contributed by atoms with Gasteiger partial charge >= 0.3 is 18.2 Å². The van der Waals surface area contributed by atoms with E-state index in [-0.39, 0.29) is 26.2 Å². The normalized spacial score (nSPS) is 11.6. The minimum absolute atomic E-state index is 0.114. The Balaban J connectivity index is 3.78. The molecular weight excluding hydrogens is 393 g/mol. The monoisotopic (exact) mass is 424 g/mol. The molecule has 2 amide bonds. The third-order valence-corrected chi connectivity index (χ3v) is 3.27. The highest BCUT2D eigenvalue weighted by Gasteiger charge is 2.38. The Labute approximate surface area is 170 Å². The van der Waals surface area contributed by atoms with Crippen LogP contribution in [0.1, 0.15) is 40.0 Å². The summed E-state index contributed by atoms with van der Waals surface area (Å²) in [6, 6.07) is 0. The quantitative estimate of drug-likeness (QED) is 0.363. The standard InChI is InChI=1S/C19H31F3N2O5/c1-5-6-10-24(17(26)29-18(2,3)4)11-8-13-28-15-14-27-12-7-9-23-16(25)19(20,21)22/h1H,6-15H2,2-4H3,(H,23,25). The van der Waals surface area contributed by atoms with Crippen molar-refractivity contribution in [2.75, 3.05) is 46.1 Å². The SMILES string of the molecule is C#CCCN(CCCOCCOCCCNC(=O)C(F)(F)F)C(=O)OC(C)(C)C. The maximum Gasteiger partial charge on any atom is 0.471 e. The Morgan fingerprint density at radius 3 is 2.10 bits per heavy atom. The minimum atomic E-state index is -4.87. The van der Waals surface area contributed by atoms with Gasteiger partial charge < -0.3 is 24.4 Å². The van der Waals surface area contributed by atoms with Crippen LogP contribution >= 0.6 is 0 Å². The highest BCUT2D eigenvalue weighted by Crippen LogP contribution is 2.13. The number of amides is 2. The largest absolute Gasteiger partial charge is 0.471 e. The van der Waals surface area contributed by atoms with Gasteiger partial charge in [-0.1, -0.05) is 0 Å². The molecule has 0 saturated heterocycles. The van der Waals surface area contributed by atoms with Gasteiger partial charge in [-0.25, -0.2) is 4.79 Å². The second kappa shape index (κ2) is 14.1. The summed E-state index contributed by atoms with van der Waals surface area (Å²) < 4.78 is 51.8. The number of nitrogens with one attached hydrogen (secondary N) is 1. The van der Waals surface area contributed by atoms with Crippen LogP contribution in [-0.4, -0.2) is 74.7 Å². The van der Waals surface area contributed by atoms with E-state index in [9.17, 15) is 22.8 Å². The summed E-state index contributed by atoms with van der Waals surface area (Å²) in [7, 11) is 0. The number of rotatable bonds is 13. The molecule has 10 heteroatoms. The number of carbonyl (C=O) groups excluding carboxylic acids is 2. The average molecular weight is 424 g/mol. The molecule has 0 fully saturated rings. The lowest BCUT2D eigenvalue weighted by Crippen LogP contribution is -2.38. The van der Waals surface area contributed by atoms with Crippen LogP contribution in [0.5, 0.6) is 0 Å². The molecule has 0 saturated carbocycles. The number of nitrogens with zero attached hydrogens (tertiary/aromatic N) is 1. The number of carbonyl (C=O) groups is 2. The topological polar surface area (TPSA) is 77.1 Å². The van der Waals surface area contributed by atoms with Crippen molar-refractivity contribution >= 4 is 12.0 Å². The molecule has 29 heavy (non-hydrogen) atoms. The Kier molecular flexibility index (Phi) is 13.1. The summed E-state index contributed by atoms with van der Waals surface area (Å²) in [5, 5.41) is 1.76. The molecule has 0 heterocycles. The first-order valence-corrected chi connectivity index (χ1v) is 9.39. The molecule has 0 aromatic carbocycles.